The molecule has 0 radical (unpaired) electrons. The van der Waals surface area contributed by atoms with E-state index in [0.717, 1.165) is 0 Å². The van der Waals surface area contributed by atoms with Crippen LogP contribution in [0, 0.1) is 34.9 Å². The van der Waals surface area contributed by atoms with E-state index in [1.54, 1.807) is 0 Å². The highest BCUT2D eigenvalue weighted by molar-refractivity contribution is 6.09. The first-order valence-electron chi connectivity index (χ1n) is 5.15. The highest BCUT2D eigenvalue weighted by Crippen LogP contribution is 2.23. The Balaban J connectivity index is 2.64. The van der Waals surface area contributed by atoms with Gasteiger partial charge in [0.2, 0.25) is 5.78 Å². The van der Waals surface area contributed by atoms with Crippen LogP contribution >= 0.6 is 0 Å². The lowest BCUT2D eigenvalue weighted by atomic mass is 10.0. The molecule has 1 nitrogen and oxygen atoms in total. The molecule has 0 saturated heterocycles. The van der Waals surface area contributed by atoms with Gasteiger partial charge in [0.25, 0.3) is 0 Å². The van der Waals surface area contributed by atoms with Crippen LogP contribution in [0.4, 0.5) is 26.3 Å². The first kappa shape index (κ1) is 14.1. The van der Waals surface area contributed by atoms with E-state index < -0.39 is 51.8 Å². The summed E-state index contributed by atoms with van der Waals surface area (Å²) in [4.78, 5) is 11.7. The summed E-state index contributed by atoms with van der Waals surface area (Å²) in [6, 6.07) is 0.761. The zero-order valence-electron chi connectivity index (χ0n) is 9.49. The van der Waals surface area contributed by atoms with Gasteiger partial charge in [-0.05, 0) is 0 Å². The number of ketones is 1. The summed E-state index contributed by atoms with van der Waals surface area (Å²) in [6.07, 6.45) is 0. The van der Waals surface area contributed by atoms with Crippen LogP contribution in [0.25, 0.3) is 0 Å². The number of benzene rings is 2. The van der Waals surface area contributed by atoms with Crippen LogP contribution in [-0.2, 0) is 0 Å². The Morgan fingerprint density at radius 2 is 0.850 bits per heavy atom. The smallest absolute Gasteiger partial charge is 0.204 e. The van der Waals surface area contributed by atoms with Crippen molar-refractivity contribution < 1.29 is 31.1 Å². The summed E-state index contributed by atoms with van der Waals surface area (Å²) < 4.78 is 78.9. The topological polar surface area (TPSA) is 17.1 Å². The van der Waals surface area contributed by atoms with E-state index in [2.05, 4.69) is 0 Å². The molecule has 0 spiro atoms. The maximum Gasteiger partial charge on any atom is 0.204 e. The van der Waals surface area contributed by atoms with Crippen LogP contribution in [0.2, 0.25) is 0 Å². The maximum atomic E-state index is 13.4. The van der Waals surface area contributed by atoms with Crippen LogP contribution in [0.5, 0.6) is 0 Å². The van der Waals surface area contributed by atoms with Crippen molar-refractivity contribution in [3.63, 3.8) is 0 Å². The van der Waals surface area contributed by atoms with Crippen molar-refractivity contribution in [2.45, 2.75) is 0 Å². The summed E-state index contributed by atoms with van der Waals surface area (Å²) in [5, 5.41) is 0. The van der Waals surface area contributed by atoms with Gasteiger partial charge in [0.1, 0.15) is 34.9 Å². The van der Waals surface area contributed by atoms with Gasteiger partial charge in [-0.25, -0.2) is 26.3 Å². The van der Waals surface area contributed by atoms with Crippen molar-refractivity contribution in [3.05, 3.63) is 70.3 Å². The van der Waals surface area contributed by atoms with Crippen LogP contribution in [-0.4, -0.2) is 5.78 Å². The van der Waals surface area contributed by atoms with E-state index in [-0.39, 0.29) is 24.3 Å². The molecule has 0 atom stereocenters. The first-order valence-corrected chi connectivity index (χ1v) is 5.15. The number of carbonyl (C=O) groups excluding carboxylic acids is 1. The van der Waals surface area contributed by atoms with Gasteiger partial charge in [-0.15, -0.1) is 0 Å². The van der Waals surface area contributed by atoms with Crippen LogP contribution in [0.3, 0.4) is 0 Å². The van der Waals surface area contributed by atoms with Crippen LogP contribution < -0.4 is 0 Å². The molecule has 2 aromatic carbocycles. The average Bonchev–Trinajstić information content (AvgIpc) is 2.25. The second-order valence-electron chi connectivity index (χ2n) is 3.82. The Kier molecular flexibility index (Phi) is 3.52. The predicted octanol–water partition coefficient (Wildman–Crippen LogP) is 3.75. The molecule has 0 N–H and O–H groups in total. The average molecular weight is 290 g/mol. The van der Waals surface area contributed by atoms with Crippen LogP contribution in [0.1, 0.15) is 15.9 Å². The summed E-state index contributed by atoms with van der Waals surface area (Å²) in [5.74, 6) is -10.7. The lowest BCUT2D eigenvalue weighted by molar-refractivity contribution is 0.102. The number of halogens is 6. The van der Waals surface area contributed by atoms with E-state index in [9.17, 15) is 31.1 Å². The van der Waals surface area contributed by atoms with Crippen molar-refractivity contribution in [2.75, 3.05) is 0 Å². The Hall–Kier alpha value is -2.31. The zero-order valence-corrected chi connectivity index (χ0v) is 9.49. The first-order chi connectivity index (χ1) is 9.31. The second kappa shape index (κ2) is 4.99. The molecule has 0 aliphatic carbocycles. The molecule has 0 aromatic heterocycles. The lowest BCUT2D eigenvalue weighted by Crippen LogP contribution is -2.12. The third-order valence-electron chi connectivity index (χ3n) is 2.47. The van der Waals surface area contributed by atoms with E-state index in [1.807, 2.05) is 0 Å². The highest BCUT2D eigenvalue weighted by Gasteiger charge is 2.26. The summed E-state index contributed by atoms with van der Waals surface area (Å²) >= 11 is 0. The second-order valence-corrected chi connectivity index (χ2v) is 3.82. The molecule has 0 unspecified atom stereocenters. The number of hydrogen-bond donors (Lipinski definition) is 0. The summed E-state index contributed by atoms with van der Waals surface area (Å²) in [6.45, 7) is 0. The minimum absolute atomic E-state index is 0.190. The molecule has 104 valence electrons. The molecular formula is C13H4F6O. The third kappa shape index (κ3) is 2.38. The number of carbonyl (C=O) groups is 1. The molecule has 0 aliphatic rings. The quantitative estimate of drug-likeness (QED) is 0.608. The molecule has 7 heteroatoms. The SMILES string of the molecule is O=C(c1c(F)cc(F)cc1F)c1c(F)cc(F)cc1F. The fourth-order valence-electron chi connectivity index (χ4n) is 1.64. The van der Waals surface area contributed by atoms with E-state index in [4.69, 9.17) is 0 Å². The van der Waals surface area contributed by atoms with Gasteiger partial charge < -0.3 is 0 Å². The minimum atomic E-state index is -1.69. The van der Waals surface area contributed by atoms with Crippen molar-refractivity contribution >= 4 is 5.78 Å². The van der Waals surface area contributed by atoms with E-state index in [0.29, 0.717) is 0 Å². The Morgan fingerprint density at radius 1 is 0.600 bits per heavy atom. The largest absolute Gasteiger partial charge is 0.288 e. The fourth-order valence-corrected chi connectivity index (χ4v) is 1.64. The van der Waals surface area contributed by atoms with E-state index in [1.165, 1.54) is 0 Å². The predicted molar refractivity (Wildman–Crippen MR) is 56.1 cm³/mol. The van der Waals surface area contributed by atoms with Crippen molar-refractivity contribution in [1.29, 1.82) is 0 Å². The van der Waals surface area contributed by atoms with Crippen molar-refractivity contribution in [1.82, 2.24) is 0 Å². The van der Waals surface area contributed by atoms with Gasteiger partial charge in [-0.3, -0.25) is 4.79 Å². The molecule has 2 rings (SSSR count). The molecule has 0 heterocycles. The molecule has 2 aromatic rings. The fraction of sp³-hybridized carbons (Fsp3) is 0. The van der Waals surface area contributed by atoms with Gasteiger partial charge in [0.15, 0.2) is 0 Å². The van der Waals surface area contributed by atoms with Crippen LogP contribution in [0.15, 0.2) is 24.3 Å². The van der Waals surface area contributed by atoms with Gasteiger partial charge in [0, 0.05) is 24.3 Å². The minimum Gasteiger partial charge on any atom is -0.288 e. The zero-order chi connectivity index (χ0) is 15.0. The summed E-state index contributed by atoms with van der Waals surface area (Å²) in [7, 11) is 0. The van der Waals surface area contributed by atoms with Crippen molar-refractivity contribution in [3.8, 4) is 0 Å². The molecule has 20 heavy (non-hydrogen) atoms. The van der Waals surface area contributed by atoms with Gasteiger partial charge in [-0.2, -0.15) is 0 Å². The molecule has 0 fully saturated rings. The Labute approximate surface area is 108 Å². The monoisotopic (exact) mass is 290 g/mol. The van der Waals surface area contributed by atoms with Gasteiger partial charge in [0.05, 0.1) is 11.1 Å². The molecule has 0 amide bonds. The molecule has 0 bridgehead atoms. The Bertz CT molecular complexity index is 604. The third-order valence-corrected chi connectivity index (χ3v) is 2.47. The lowest BCUT2D eigenvalue weighted by Gasteiger charge is -2.07. The summed E-state index contributed by atoms with van der Waals surface area (Å²) in [5.41, 5.74) is -2.65. The number of hydrogen-bond acceptors (Lipinski definition) is 1. The van der Waals surface area contributed by atoms with Gasteiger partial charge in [-0.1, -0.05) is 0 Å². The molecule has 0 aliphatic heterocycles. The highest BCUT2D eigenvalue weighted by atomic mass is 19.2. The van der Waals surface area contributed by atoms with Crippen molar-refractivity contribution in [2.24, 2.45) is 0 Å². The Morgan fingerprint density at radius 3 is 1.10 bits per heavy atom. The van der Waals surface area contributed by atoms with E-state index >= 15 is 0 Å². The van der Waals surface area contributed by atoms with Gasteiger partial charge >= 0.3 is 0 Å². The normalized spacial score (nSPS) is 10.7. The molecular weight excluding hydrogens is 286 g/mol. The molecule has 0 saturated carbocycles. The standard InChI is InChI=1S/C13H4F6O/c14-5-1-7(16)11(8(17)2-5)13(20)12-9(18)3-6(15)4-10(12)19/h1-4H. The maximum absolute atomic E-state index is 13.4. The number of rotatable bonds is 2.